The normalized spacial score (nSPS) is 13.0. The van der Waals surface area contributed by atoms with Gasteiger partial charge in [-0.3, -0.25) is 14.6 Å². The first-order chi connectivity index (χ1) is 29.6. The molecule has 0 saturated carbocycles. The van der Waals surface area contributed by atoms with Gasteiger partial charge in [-0.2, -0.15) is 0 Å². The number of amides is 2. The van der Waals surface area contributed by atoms with E-state index in [0.717, 1.165) is 11.3 Å². The Hall–Kier alpha value is -7.02. The highest BCUT2D eigenvalue weighted by molar-refractivity contribution is 6.31. The number of aliphatic imine (C=N–C) groups is 1. The van der Waals surface area contributed by atoms with Crippen LogP contribution >= 0.6 is 11.6 Å². The van der Waals surface area contributed by atoms with Crippen LogP contribution in [0.25, 0.3) is 11.3 Å². The molecule has 1 saturated heterocycles. The first kappa shape index (κ1) is 42.1. The summed E-state index contributed by atoms with van der Waals surface area (Å²) < 4.78 is 31.3. The van der Waals surface area contributed by atoms with Crippen molar-refractivity contribution >= 4 is 52.4 Å². The zero-order chi connectivity index (χ0) is 43.0. The molecular formula is C45H42ClFN8O6. The molecule has 4 aromatic carbocycles. The maximum Gasteiger partial charge on any atom is 0.339 e. The summed E-state index contributed by atoms with van der Waals surface area (Å²) in [7, 11) is 4.26. The second kappa shape index (κ2) is 18.9. The van der Waals surface area contributed by atoms with Crippen molar-refractivity contribution in [1.29, 1.82) is 0 Å². The minimum atomic E-state index is -0.484. The molecule has 0 aliphatic carbocycles. The lowest BCUT2D eigenvalue weighted by Crippen LogP contribution is -2.49. The number of hydrogen-bond donors (Lipinski definition) is 3. The fourth-order valence-corrected chi connectivity index (χ4v) is 7.38. The highest BCUT2D eigenvalue weighted by Crippen LogP contribution is 2.36. The molecule has 16 heteroatoms. The van der Waals surface area contributed by atoms with E-state index in [1.54, 1.807) is 59.6 Å². The van der Waals surface area contributed by atoms with Crippen LogP contribution in [-0.4, -0.2) is 99.0 Å². The van der Waals surface area contributed by atoms with Crippen LogP contribution in [0.5, 0.6) is 11.5 Å². The van der Waals surface area contributed by atoms with Gasteiger partial charge in [-0.05, 0) is 54.6 Å². The van der Waals surface area contributed by atoms with Gasteiger partial charge in [-0.15, -0.1) is 0 Å². The Morgan fingerprint density at radius 3 is 2.46 bits per heavy atom. The predicted octanol–water partition coefficient (Wildman–Crippen LogP) is 5.61. The van der Waals surface area contributed by atoms with E-state index in [0.29, 0.717) is 82.0 Å². The van der Waals surface area contributed by atoms with E-state index in [2.05, 4.69) is 32.4 Å². The van der Waals surface area contributed by atoms with E-state index < -0.39 is 17.7 Å². The van der Waals surface area contributed by atoms with Crippen molar-refractivity contribution in [2.24, 2.45) is 10.7 Å². The summed E-state index contributed by atoms with van der Waals surface area (Å²) in [6.07, 6.45) is 1.78. The van der Waals surface area contributed by atoms with Gasteiger partial charge >= 0.3 is 5.97 Å². The van der Waals surface area contributed by atoms with Crippen molar-refractivity contribution < 1.29 is 33.0 Å². The number of benzene rings is 4. The van der Waals surface area contributed by atoms with Gasteiger partial charge in [-0.25, -0.2) is 19.2 Å². The van der Waals surface area contributed by atoms with Gasteiger partial charge in [0.1, 0.15) is 17.3 Å². The molecule has 61 heavy (non-hydrogen) atoms. The van der Waals surface area contributed by atoms with Crippen LogP contribution < -0.4 is 30.7 Å². The smallest absolute Gasteiger partial charge is 0.339 e. The Labute approximate surface area is 356 Å². The van der Waals surface area contributed by atoms with Gasteiger partial charge in [0.15, 0.2) is 0 Å². The molecular weight excluding hydrogens is 803 g/mol. The quantitative estimate of drug-likeness (QED) is 0.111. The number of anilines is 3. The summed E-state index contributed by atoms with van der Waals surface area (Å²) in [5.41, 5.74) is 11.3. The number of nitrogens with one attached hydrogen (secondary N) is 2. The van der Waals surface area contributed by atoms with Gasteiger partial charge in [-0.1, -0.05) is 35.6 Å². The topological polar surface area (TPSA) is 174 Å². The fraction of sp³-hybridized carbons (Fsp3) is 0.244. The van der Waals surface area contributed by atoms with Gasteiger partial charge in [0.25, 0.3) is 5.91 Å². The summed E-state index contributed by atoms with van der Waals surface area (Å²) in [6.45, 7) is 2.60. The Morgan fingerprint density at radius 2 is 1.70 bits per heavy atom. The molecule has 0 radical (unpaired) electrons. The Balaban J connectivity index is 0.973. The summed E-state index contributed by atoms with van der Waals surface area (Å²) in [4.78, 5) is 56.7. The lowest BCUT2D eigenvalue weighted by Gasteiger charge is -2.36. The summed E-state index contributed by atoms with van der Waals surface area (Å²) in [5, 5.41) is 6.48. The van der Waals surface area contributed by atoms with E-state index in [1.165, 1.54) is 27.4 Å². The molecule has 2 aliphatic rings. The number of methoxy groups -OCH3 is 3. The molecule has 5 aromatic rings. The van der Waals surface area contributed by atoms with Crippen molar-refractivity contribution in [2.45, 2.75) is 13.0 Å². The zero-order valence-electron chi connectivity index (χ0n) is 33.7. The van der Waals surface area contributed by atoms with E-state index in [9.17, 15) is 14.4 Å². The number of carbonyl (C=O) groups is 3. The van der Waals surface area contributed by atoms with Crippen molar-refractivity contribution in [1.82, 2.24) is 20.2 Å². The molecule has 14 nitrogen and oxygen atoms in total. The van der Waals surface area contributed by atoms with Gasteiger partial charge in [0.2, 0.25) is 11.9 Å². The van der Waals surface area contributed by atoms with E-state index in [4.69, 9.17) is 41.5 Å². The molecule has 0 spiro atoms. The Morgan fingerprint density at radius 1 is 0.918 bits per heavy atom. The van der Waals surface area contributed by atoms with Crippen molar-refractivity contribution in [3.05, 3.63) is 123 Å². The zero-order valence-corrected chi connectivity index (χ0v) is 34.4. The van der Waals surface area contributed by atoms with Crippen LogP contribution in [0.2, 0.25) is 5.02 Å². The van der Waals surface area contributed by atoms with Crippen molar-refractivity contribution in [3.63, 3.8) is 0 Å². The lowest BCUT2D eigenvalue weighted by molar-refractivity contribution is -0.131. The molecule has 0 atom stereocenters. The number of esters is 1. The number of nitrogens with two attached hydrogens (primary N) is 1. The highest BCUT2D eigenvalue weighted by atomic mass is 35.5. The van der Waals surface area contributed by atoms with Crippen LogP contribution in [0, 0.1) is 17.7 Å². The molecule has 312 valence electrons. The fourth-order valence-electron chi connectivity index (χ4n) is 7.20. The average Bonchev–Trinajstić information content (AvgIpc) is 3.43. The Bertz CT molecular complexity index is 2600. The largest absolute Gasteiger partial charge is 0.496 e. The standard InChI is InChI=1S/C45H42ClFN8O6/c1-59-37-8-4-7-36(47)40(37)42-35-23-29(46)9-12-33(35)41-28(25-50-42)26-51-45(53-41)52-30-10-13-34(38(24-30)60-2)43(57)49-17-15-39(56)55-20-18-54(19-21-55)31-11-14-32(44(58)61-3)27(22-31)6-5-16-48/h4,7-14,22-24,26H,15-21,25,48H2,1-3H3,(H,49,57)(H,51,52,53). The number of hydrogen-bond acceptors (Lipinski definition) is 12. The number of rotatable bonds is 11. The lowest BCUT2D eigenvalue weighted by atomic mass is 9.94. The van der Waals surface area contributed by atoms with Crippen LogP contribution in [0.4, 0.5) is 21.7 Å². The minimum Gasteiger partial charge on any atom is -0.496 e. The van der Waals surface area contributed by atoms with Crippen LogP contribution in [-0.2, 0) is 16.1 Å². The molecule has 3 heterocycles. The summed E-state index contributed by atoms with van der Waals surface area (Å²) >= 11 is 6.45. The third kappa shape index (κ3) is 9.25. The monoisotopic (exact) mass is 844 g/mol. The first-order valence-electron chi connectivity index (χ1n) is 19.3. The van der Waals surface area contributed by atoms with Gasteiger partial charge in [0.05, 0.1) is 62.5 Å². The van der Waals surface area contributed by atoms with Crippen molar-refractivity contribution in [3.8, 4) is 34.6 Å². The molecule has 2 aliphatic heterocycles. The molecule has 1 fully saturated rings. The Kier molecular flexibility index (Phi) is 13.1. The van der Waals surface area contributed by atoms with Crippen LogP contribution in [0.15, 0.2) is 84.0 Å². The molecule has 4 N–H and O–H groups in total. The molecule has 0 unspecified atom stereocenters. The minimum absolute atomic E-state index is 0.0804. The second-order valence-corrected chi connectivity index (χ2v) is 14.3. The highest BCUT2D eigenvalue weighted by Gasteiger charge is 2.27. The van der Waals surface area contributed by atoms with E-state index in [1.807, 2.05) is 18.2 Å². The number of nitrogens with zero attached hydrogens (tertiary/aromatic N) is 5. The number of aromatic nitrogens is 2. The maximum atomic E-state index is 15.3. The first-order valence-corrected chi connectivity index (χ1v) is 19.7. The number of carbonyl (C=O) groups excluding carboxylic acids is 3. The van der Waals surface area contributed by atoms with Gasteiger partial charge < -0.3 is 40.4 Å². The van der Waals surface area contributed by atoms with Gasteiger partial charge in [0, 0.05) is 90.1 Å². The van der Waals surface area contributed by atoms with Crippen LogP contribution in [0.3, 0.4) is 0 Å². The molecule has 2 amide bonds. The van der Waals surface area contributed by atoms with E-state index >= 15 is 4.39 Å². The SMILES string of the molecule is COC(=O)c1ccc(N2CCN(C(=O)CCNC(=O)c3ccc(Nc4ncc5c(n4)-c4ccc(Cl)cc4C(c4c(F)cccc4OC)=NC5)cc3OC)CC2)cc1C#CCN. The molecule has 7 rings (SSSR count). The predicted molar refractivity (Wildman–Crippen MR) is 231 cm³/mol. The number of piperazine rings is 1. The number of halogens is 2. The maximum absolute atomic E-state index is 15.3. The third-order valence-electron chi connectivity index (χ3n) is 10.3. The molecule has 0 bridgehead atoms. The van der Waals surface area contributed by atoms with Crippen molar-refractivity contribution in [2.75, 3.05) is 70.8 Å². The average molecular weight is 845 g/mol. The number of fused-ring (bicyclic) bond motifs is 3. The summed E-state index contributed by atoms with van der Waals surface area (Å²) in [5.74, 6) is 5.20. The second-order valence-electron chi connectivity index (χ2n) is 13.9. The summed E-state index contributed by atoms with van der Waals surface area (Å²) in [6, 6.07) is 20.2. The van der Waals surface area contributed by atoms with Crippen LogP contribution in [0.1, 0.15) is 49.4 Å². The van der Waals surface area contributed by atoms with E-state index in [-0.39, 0.29) is 49.0 Å². The number of ether oxygens (including phenoxy) is 3. The third-order valence-corrected chi connectivity index (χ3v) is 10.5. The molecule has 1 aromatic heterocycles.